The quantitative estimate of drug-likeness (QED) is 0.646. The van der Waals surface area contributed by atoms with E-state index in [0.29, 0.717) is 17.1 Å². The molecule has 1 heterocycles. The molecule has 5 heteroatoms. The van der Waals surface area contributed by atoms with Crippen LogP contribution in [0, 0.1) is 20.8 Å². The van der Waals surface area contributed by atoms with E-state index >= 15 is 0 Å². The van der Waals surface area contributed by atoms with Gasteiger partial charge in [0.05, 0.1) is 19.8 Å². The lowest BCUT2D eigenvalue weighted by atomic mass is 10.0. The van der Waals surface area contributed by atoms with Crippen LogP contribution in [0.3, 0.4) is 0 Å². The standard InChI is InChI=1S/C24H28N2O3/c1-15-6-8-19(16(2)12-15)21-14-20(24(25)27)17(3)26(21)11-10-18-7-9-22(28-4)23(13-18)29-5/h6-9,12-14H,10-11H2,1-5H3,(H2,25,27). The molecule has 0 aliphatic carbocycles. The molecule has 2 aromatic carbocycles. The number of carbonyl (C=O) groups excluding carboxylic acids is 1. The summed E-state index contributed by atoms with van der Waals surface area (Å²) in [5.41, 5.74) is 12.7. The number of primary amides is 1. The van der Waals surface area contributed by atoms with E-state index < -0.39 is 5.91 Å². The summed E-state index contributed by atoms with van der Waals surface area (Å²) < 4.78 is 12.9. The van der Waals surface area contributed by atoms with Crippen molar-refractivity contribution in [1.29, 1.82) is 0 Å². The highest BCUT2D eigenvalue weighted by molar-refractivity contribution is 5.95. The molecule has 0 bridgehead atoms. The fourth-order valence-corrected chi connectivity index (χ4v) is 3.78. The third kappa shape index (κ3) is 4.14. The average Bonchev–Trinajstić information content (AvgIpc) is 3.02. The maximum absolute atomic E-state index is 12.0. The Kier molecular flexibility index (Phi) is 5.97. The highest BCUT2D eigenvalue weighted by Gasteiger charge is 2.18. The molecular weight excluding hydrogens is 364 g/mol. The van der Waals surface area contributed by atoms with Gasteiger partial charge in [0.2, 0.25) is 0 Å². The molecule has 0 aliphatic rings. The molecule has 0 unspecified atom stereocenters. The molecule has 0 atom stereocenters. The molecule has 0 saturated carbocycles. The van der Waals surface area contributed by atoms with Crippen molar-refractivity contribution in [3.8, 4) is 22.8 Å². The first kappa shape index (κ1) is 20.5. The lowest BCUT2D eigenvalue weighted by molar-refractivity contribution is 0.0999. The van der Waals surface area contributed by atoms with Crippen LogP contribution in [0.15, 0.2) is 42.5 Å². The van der Waals surface area contributed by atoms with Gasteiger partial charge in [-0.15, -0.1) is 0 Å². The lowest BCUT2D eigenvalue weighted by Crippen LogP contribution is -2.13. The first-order valence-corrected chi connectivity index (χ1v) is 9.64. The van der Waals surface area contributed by atoms with Crippen molar-refractivity contribution in [3.05, 3.63) is 70.4 Å². The molecule has 2 N–H and O–H groups in total. The second-order valence-electron chi connectivity index (χ2n) is 7.30. The number of methoxy groups -OCH3 is 2. The second-order valence-corrected chi connectivity index (χ2v) is 7.30. The predicted octanol–water partition coefficient (Wildman–Crippen LogP) is 4.44. The molecule has 0 radical (unpaired) electrons. The number of nitrogens with two attached hydrogens (primary N) is 1. The van der Waals surface area contributed by atoms with Crippen molar-refractivity contribution < 1.29 is 14.3 Å². The van der Waals surface area contributed by atoms with E-state index in [0.717, 1.165) is 35.5 Å². The van der Waals surface area contributed by atoms with Crippen LogP contribution in [0.2, 0.25) is 0 Å². The van der Waals surface area contributed by atoms with E-state index in [4.69, 9.17) is 15.2 Å². The number of hydrogen-bond acceptors (Lipinski definition) is 3. The number of amides is 1. The summed E-state index contributed by atoms with van der Waals surface area (Å²) in [5, 5.41) is 0. The zero-order valence-electron chi connectivity index (χ0n) is 17.7. The van der Waals surface area contributed by atoms with Crippen molar-refractivity contribution in [3.63, 3.8) is 0 Å². The summed E-state index contributed by atoms with van der Waals surface area (Å²) in [5.74, 6) is 1.01. The number of aryl methyl sites for hydroxylation is 3. The molecule has 0 aliphatic heterocycles. The van der Waals surface area contributed by atoms with Gasteiger partial charge in [-0.25, -0.2) is 0 Å². The zero-order valence-corrected chi connectivity index (χ0v) is 17.7. The Balaban J connectivity index is 1.99. The van der Waals surface area contributed by atoms with Crippen LogP contribution in [0.5, 0.6) is 11.5 Å². The van der Waals surface area contributed by atoms with E-state index in [1.54, 1.807) is 14.2 Å². The first-order chi connectivity index (χ1) is 13.8. The zero-order chi connectivity index (χ0) is 21.1. The van der Waals surface area contributed by atoms with Crippen molar-refractivity contribution >= 4 is 5.91 Å². The maximum atomic E-state index is 12.0. The molecule has 3 rings (SSSR count). The minimum absolute atomic E-state index is 0.404. The molecule has 152 valence electrons. The van der Waals surface area contributed by atoms with E-state index in [9.17, 15) is 4.79 Å². The van der Waals surface area contributed by atoms with Crippen LogP contribution in [0.1, 0.15) is 32.7 Å². The molecule has 1 amide bonds. The van der Waals surface area contributed by atoms with E-state index in [1.807, 2.05) is 31.2 Å². The highest BCUT2D eigenvalue weighted by atomic mass is 16.5. The topological polar surface area (TPSA) is 66.5 Å². The smallest absolute Gasteiger partial charge is 0.250 e. The molecule has 0 spiro atoms. The third-order valence-electron chi connectivity index (χ3n) is 5.36. The van der Waals surface area contributed by atoms with Crippen molar-refractivity contribution in [2.24, 2.45) is 5.73 Å². The normalized spacial score (nSPS) is 10.8. The number of rotatable bonds is 7. The summed E-state index contributed by atoms with van der Waals surface area (Å²) in [6, 6.07) is 14.2. The number of hydrogen-bond donors (Lipinski definition) is 1. The molecule has 3 aromatic rings. The number of nitrogens with zero attached hydrogens (tertiary/aromatic N) is 1. The SMILES string of the molecule is COc1ccc(CCn2c(-c3ccc(C)cc3C)cc(C(N)=O)c2C)cc1OC. The Bertz CT molecular complexity index is 1050. The number of ether oxygens (including phenoxy) is 2. The lowest BCUT2D eigenvalue weighted by Gasteiger charge is -2.15. The van der Waals surface area contributed by atoms with E-state index in [1.165, 1.54) is 11.1 Å². The number of carbonyl (C=O) groups is 1. The molecule has 1 aromatic heterocycles. The summed E-state index contributed by atoms with van der Waals surface area (Å²) in [4.78, 5) is 12.0. The predicted molar refractivity (Wildman–Crippen MR) is 116 cm³/mol. The third-order valence-corrected chi connectivity index (χ3v) is 5.36. The van der Waals surface area contributed by atoms with Crippen molar-refractivity contribution in [2.75, 3.05) is 14.2 Å². The Morgan fingerprint density at radius 2 is 1.69 bits per heavy atom. The summed E-state index contributed by atoms with van der Waals surface area (Å²) in [6.45, 7) is 6.83. The second kappa shape index (κ2) is 8.43. The highest BCUT2D eigenvalue weighted by Crippen LogP contribution is 2.31. The minimum atomic E-state index is -0.404. The summed E-state index contributed by atoms with van der Waals surface area (Å²) in [7, 11) is 3.26. The first-order valence-electron chi connectivity index (χ1n) is 9.64. The Hall–Kier alpha value is -3.21. The molecule has 5 nitrogen and oxygen atoms in total. The Morgan fingerprint density at radius 3 is 2.31 bits per heavy atom. The van der Waals surface area contributed by atoms with Gasteiger partial charge in [-0.3, -0.25) is 4.79 Å². The summed E-state index contributed by atoms with van der Waals surface area (Å²) in [6.07, 6.45) is 0.784. The van der Waals surface area contributed by atoms with Crippen LogP contribution in [0.25, 0.3) is 11.3 Å². The Morgan fingerprint density at radius 1 is 0.966 bits per heavy atom. The maximum Gasteiger partial charge on any atom is 0.250 e. The van der Waals surface area contributed by atoms with Crippen LogP contribution >= 0.6 is 0 Å². The Labute approximate surface area is 172 Å². The van der Waals surface area contributed by atoms with Crippen LogP contribution in [-0.4, -0.2) is 24.7 Å². The average molecular weight is 392 g/mol. The summed E-state index contributed by atoms with van der Waals surface area (Å²) >= 11 is 0. The van der Waals surface area contributed by atoms with E-state index in [-0.39, 0.29) is 0 Å². The van der Waals surface area contributed by atoms with Crippen LogP contribution < -0.4 is 15.2 Å². The van der Waals surface area contributed by atoms with Gasteiger partial charge in [0.1, 0.15) is 0 Å². The fourth-order valence-electron chi connectivity index (χ4n) is 3.78. The largest absolute Gasteiger partial charge is 0.493 e. The van der Waals surface area contributed by atoms with Gasteiger partial charge >= 0.3 is 0 Å². The minimum Gasteiger partial charge on any atom is -0.493 e. The van der Waals surface area contributed by atoms with Gasteiger partial charge < -0.3 is 19.8 Å². The number of aromatic nitrogens is 1. The van der Waals surface area contributed by atoms with Crippen molar-refractivity contribution in [2.45, 2.75) is 33.7 Å². The van der Waals surface area contributed by atoms with Crippen molar-refractivity contribution in [1.82, 2.24) is 4.57 Å². The van der Waals surface area contributed by atoms with Gasteiger partial charge in [0.15, 0.2) is 11.5 Å². The monoisotopic (exact) mass is 392 g/mol. The molecule has 29 heavy (non-hydrogen) atoms. The van der Waals surface area contributed by atoms with Gasteiger partial charge in [0, 0.05) is 23.5 Å². The van der Waals surface area contributed by atoms with E-state index in [2.05, 4.69) is 36.6 Å². The van der Waals surface area contributed by atoms with Gasteiger partial charge in [-0.2, -0.15) is 0 Å². The molecule has 0 saturated heterocycles. The van der Waals surface area contributed by atoms with Crippen LogP contribution in [0.4, 0.5) is 0 Å². The molecular formula is C24H28N2O3. The fraction of sp³-hybridized carbons (Fsp3) is 0.292. The molecule has 0 fully saturated rings. The van der Waals surface area contributed by atoms with Crippen LogP contribution in [-0.2, 0) is 13.0 Å². The van der Waals surface area contributed by atoms with Gasteiger partial charge in [0.25, 0.3) is 5.91 Å². The van der Waals surface area contributed by atoms with Gasteiger partial charge in [-0.1, -0.05) is 29.8 Å². The van der Waals surface area contributed by atoms with Gasteiger partial charge in [-0.05, 0) is 56.5 Å². The number of benzene rings is 2.